The van der Waals surface area contributed by atoms with Crippen LogP contribution in [0.1, 0.15) is 25.3 Å². The molecule has 1 aromatic heterocycles. The van der Waals surface area contributed by atoms with Crippen LogP contribution in [-0.4, -0.2) is 10.2 Å². The Morgan fingerprint density at radius 1 is 1.35 bits per heavy atom. The zero-order valence-corrected chi connectivity index (χ0v) is 11.2. The predicted molar refractivity (Wildman–Crippen MR) is 70.2 cm³/mol. The van der Waals surface area contributed by atoms with Crippen LogP contribution in [0.3, 0.4) is 0 Å². The molecule has 0 unspecified atom stereocenters. The van der Waals surface area contributed by atoms with Crippen LogP contribution in [0, 0.1) is 5.82 Å². The number of nitrogen functional groups attached to an aromatic ring is 1. The van der Waals surface area contributed by atoms with Crippen molar-refractivity contribution in [3.63, 3.8) is 0 Å². The van der Waals surface area contributed by atoms with Crippen LogP contribution in [0.25, 0.3) is 11.3 Å². The van der Waals surface area contributed by atoms with Gasteiger partial charge in [0.25, 0.3) is 0 Å². The number of anilines is 1. The minimum atomic E-state index is -0.294. The van der Waals surface area contributed by atoms with Gasteiger partial charge in [0.1, 0.15) is 11.6 Å². The number of halogens is 2. The van der Waals surface area contributed by atoms with E-state index in [0.29, 0.717) is 10.3 Å². The quantitative estimate of drug-likeness (QED) is 0.888. The molecule has 0 fully saturated rings. The number of nitrogens with two attached hydrogens (primary N) is 1. The standard InChI is InChI=1S/C12H13BrFN3/c1-6(2)10-11(16-17-12(10)15)7-3-8(13)5-9(14)4-7/h3-6H,1-2H3,(H3,15,16,17). The average Bonchev–Trinajstić information content (AvgIpc) is 2.58. The zero-order chi connectivity index (χ0) is 12.6. The molecule has 0 amide bonds. The van der Waals surface area contributed by atoms with E-state index in [1.54, 1.807) is 0 Å². The molecular weight excluding hydrogens is 285 g/mol. The lowest BCUT2D eigenvalue weighted by molar-refractivity contribution is 0.627. The largest absolute Gasteiger partial charge is 0.382 e. The van der Waals surface area contributed by atoms with Crippen molar-refractivity contribution in [3.05, 3.63) is 34.1 Å². The second-order valence-corrected chi connectivity index (χ2v) is 5.13. The number of benzene rings is 1. The molecule has 1 heterocycles. The minimum absolute atomic E-state index is 0.228. The molecule has 1 aromatic carbocycles. The Bertz CT molecular complexity index is 528. The van der Waals surface area contributed by atoms with Crippen molar-refractivity contribution in [1.29, 1.82) is 0 Å². The summed E-state index contributed by atoms with van der Waals surface area (Å²) in [4.78, 5) is 0. The summed E-state index contributed by atoms with van der Waals surface area (Å²) >= 11 is 3.27. The number of hydrogen-bond acceptors (Lipinski definition) is 2. The summed E-state index contributed by atoms with van der Waals surface area (Å²) < 4.78 is 14.0. The highest BCUT2D eigenvalue weighted by molar-refractivity contribution is 9.10. The topological polar surface area (TPSA) is 54.7 Å². The lowest BCUT2D eigenvalue weighted by Gasteiger charge is -2.08. The molecule has 0 radical (unpaired) electrons. The zero-order valence-electron chi connectivity index (χ0n) is 9.59. The Kier molecular flexibility index (Phi) is 3.19. The third-order valence-electron chi connectivity index (χ3n) is 2.56. The smallest absolute Gasteiger partial charge is 0.149 e. The van der Waals surface area contributed by atoms with Gasteiger partial charge in [-0.3, -0.25) is 5.10 Å². The van der Waals surface area contributed by atoms with Crippen LogP contribution in [-0.2, 0) is 0 Å². The molecule has 0 spiro atoms. The third-order valence-corrected chi connectivity index (χ3v) is 3.02. The molecule has 3 N–H and O–H groups in total. The monoisotopic (exact) mass is 297 g/mol. The predicted octanol–water partition coefficient (Wildman–Crippen LogP) is 3.68. The third kappa shape index (κ3) is 2.34. The highest BCUT2D eigenvalue weighted by Gasteiger charge is 2.16. The van der Waals surface area contributed by atoms with E-state index in [-0.39, 0.29) is 11.7 Å². The maximum absolute atomic E-state index is 13.4. The van der Waals surface area contributed by atoms with Crippen LogP contribution in [0.5, 0.6) is 0 Å². The van der Waals surface area contributed by atoms with Crippen molar-refractivity contribution in [2.45, 2.75) is 19.8 Å². The number of aromatic amines is 1. The van der Waals surface area contributed by atoms with Gasteiger partial charge in [0.2, 0.25) is 0 Å². The summed E-state index contributed by atoms with van der Waals surface area (Å²) in [7, 11) is 0. The van der Waals surface area contributed by atoms with Gasteiger partial charge in [-0.2, -0.15) is 5.10 Å². The van der Waals surface area contributed by atoms with Crippen LogP contribution in [0.4, 0.5) is 10.2 Å². The van der Waals surface area contributed by atoms with Gasteiger partial charge in [0.15, 0.2) is 0 Å². The maximum Gasteiger partial charge on any atom is 0.149 e. The van der Waals surface area contributed by atoms with Crippen molar-refractivity contribution < 1.29 is 4.39 Å². The van der Waals surface area contributed by atoms with Gasteiger partial charge in [-0.15, -0.1) is 0 Å². The second kappa shape index (κ2) is 4.49. The molecule has 0 aliphatic carbocycles. The van der Waals surface area contributed by atoms with Crippen LogP contribution in [0.2, 0.25) is 0 Å². The molecule has 0 bridgehead atoms. The Morgan fingerprint density at radius 3 is 2.65 bits per heavy atom. The van der Waals surface area contributed by atoms with Gasteiger partial charge < -0.3 is 5.73 Å². The minimum Gasteiger partial charge on any atom is -0.382 e. The molecule has 3 nitrogen and oxygen atoms in total. The van der Waals surface area contributed by atoms with E-state index in [9.17, 15) is 4.39 Å². The fraction of sp³-hybridized carbons (Fsp3) is 0.250. The van der Waals surface area contributed by atoms with Crippen LogP contribution >= 0.6 is 15.9 Å². The molecule has 0 aliphatic heterocycles. The lowest BCUT2D eigenvalue weighted by atomic mass is 9.99. The summed E-state index contributed by atoms with van der Waals surface area (Å²) in [6.07, 6.45) is 0. The number of nitrogens with zero attached hydrogens (tertiary/aromatic N) is 1. The van der Waals surface area contributed by atoms with E-state index in [0.717, 1.165) is 16.8 Å². The number of aromatic nitrogens is 2. The van der Waals surface area contributed by atoms with Crippen molar-refractivity contribution in [2.24, 2.45) is 0 Å². The highest BCUT2D eigenvalue weighted by atomic mass is 79.9. The van der Waals surface area contributed by atoms with Gasteiger partial charge in [-0.05, 0) is 24.1 Å². The first-order chi connectivity index (χ1) is 7.99. The molecule has 0 aliphatic rings. The van der Waals surface area contributed by atoms with Crippen LogP contribution < -0.4 is 5.73 Å². The molecular formula is C12H13BrFN3. The fourth-order valence-electron chi connectivity index (χ4n) is 1.87. The lowest BCUT2D eigenvalue weighted by Crippen LogP contribution is -1.95. The molecule has 0 saturated carbocycles. The number of hydrogen-bond donors (Lipinski definition) is 2. The first-order valence-electron chi connectivity index (χ1n) is 5.29. The SMILES string of the molecule is CC(C)c1c(N)n[nH]c1-c1cc(F)cc(Br)c1. The summed E-state index contributed by atoms with van der Waals surface area (Å²) in [6, 6.07) is 4.71. The number of nitrogens with one attached hydrogen (secondary N) is 1. The summed E-state index contributed by atoms with van der Waals surface area (Å²) in [5, 5.41) is 6.85. The van der Waals surface area contributed by atoms with Crippen molar-refractivity contribution in [3.8, 4) is 11.3 Å². The van der Waals surface area contributed by atoms with E-state index in [4.69, 9.17) is 5.73 Å². The van der Waals surface area contributed by atoms with E-state index >= 15 is 0 Å². The Hall–Kier alpha value is -1.36. The molecule has 5 heteroatoms. The van der Waals surface area contributed by atoms with Gasteiger partial charge in [0.05, 0.1) is 5.69 Å². The van der Waals surface area contributed by atoms with E-state index < -0.39 is 0 Å². The van der Waals surface area contributed by atoms with Crippen molar-refractivity contribution >= 4 is 21.7 Å². The Balaban J connectivity index is 2.60. The average molecular weight is 298 g/mol. The molecule has 2 rings (SSSR count). The van der Waals surface area contributed by atoms with E-state index in [1.165, 1.54) is 12.1 Å². The summed E-state index contributed by atoms with van der Waals surface area (Å²) in [6.45, 7) is 4.05. The summed E-state index contributed by atoms with van der Waals surface area (Å²) in [5.41, 5.74) is 8.24. The molecule has 2 aromatic rings. The van der Waals surface area contributed by atoms with Gasteiger partial charge in [0, 0.05) is 15.6 Å². The van der Waals surface area contributed by atoms with Crippen molar-refractivity contribution in [2.75, 3.05) is 5.73 Å². The second-order valence-electron chi connectivity index (χ2n) is 4.21. The van der Waals surface area contributed by atoms with E-state index in [2.05, 4.69) is 26.1 Å². The maximum atomic E-state index is 13.4. The Morgan fingerprint density at radius 2 is 2.06 bits per heavy atom. The first-order valence-corrected chi connectivity index (χ1v) is 6.08. The fourth-order valence-corrected chi connectivity index (χ4v) is 2.33. The first kappa shape index (κ1) is 12.1. The van der Waals surface area contributed by atoms with Crippen LogP contribution in [0.15, 0.2) is 22.7 Å². The number of rotatable bonds is 2. The normalized spacial score (nSPS) is 11.1. The molecule has 0 atom stereocenters. The molecule has 90 valence electrons. The summed E-state index contributed by atoms with van der Waals surface area (Å²) in [5.74, 6) is 0.401. The molecule has 17 heavy (non-hydrogen) atoms. The van der Waals surface area contributed by atoms with E-state index in [1.807, 2.05) is 19.9 Å². The van der Waals surface area contributed by atoms with Gasteiger partial charge >= 0.3 is 0 Å². The molecule has 0 saturated heterocycles. The Labute approximate surface area is 107 Å². The van der Waals surface area contributed by atoms with Gasteiger partial charge in [-0.25, -0.2) is 4.39 Å². The number of H-pyrrole nitrogens is 1. The highest BCUT2D eigenvalue weighted by Crippen LogP contribution is 2.32. The van der Waals surface area contributed by atoms with Gasteiger partial charge in [-0.1, -0.05) is 29.8 Å². The van der Waals surface area contributed by atoms with Crippen molar-refractivity contribution in [1.82, 2.24) is 10.2 Å².